The van der Waals surface area contributed by atoms with Gasteiger partial charge in [0.25, 0.3) is 0 Å². The van der Waals surface area contributed by atoms with Crippen molar-refractivity contribution in [3.63, 3.8) is 0 Å². The summed E-state index contributed by atoms with van der Waals surface area (Å²) in [5.41, 5.74) is 6.73. The second-order valence-corrected chi connectivity index (χ2v) is 5.77. The highest BCUT2D eigenvalue weighted by molar-refractivity contribution is 5.49. The quantitative estimate of drug-likeness (QED) is 0.855. The van der Waals surface area contributed by atoms with Crippen LogP contribution >= 0.6 is 0 Å². The van der Waals surface area contributed by atoms with E-state index in [-0.39, 0.29) is 24.4 Å². The predicted molar refractivity (Wildman–Crippen MR) is 75.1 cm³/mol. The largest absolute Gasteiger partial charge is 0.394 e. The zero-order chi connectivity index (χ0) is 14.0. The first-order chi connectivity index (χ1) is 8.93. The Bertz CT molecular complexity index is 434. The standard InChI is InChI=1S/C14H23N3O2/c1-10(15)12-5-4-6-16-13(12)17-7-11(8-18)19-14(2,3)9-17/h4-6,10-11,18H,7-9,15H2,1-3H3. The molecule has 1 aromatic heterocycles. The Balaban J connectivity index is 2.30. The number of anilines is 1. The number of nitrogens with zero attached hydrogens (tertiary/aromatic N) is 2. The van der Waals surface area contributed by atoms with Crippen LogP contribution in [0.25, 0.3) is 0 Å². The third-order valence-electron chi connectivity index (χ3n) is 3.29. The molecule has 3 N–H and O–H groups in total. The van der Waals surface area contributed by atoms with Gasteiger partial charge in [-0.05, 0) is 26.8 Å². The summed E-state index contributed by atoms with van der Waals surface area (Å²) in [5.74, 6) is 0.896. The van der Waals surface area contributed by atoms with Gasteiger partial charge < -0.3 is 20.5 Å². The summed E-state index contributed by atoms with van der Waals surface area (Å²) in [7, 11) is 0. The highest BCUT2D eigenvalue weighted by atomic mass is 16.5. The molecule has 0 saturated carbocycles. The number of morpholine rings is 1. The van der Waals surface area contributed by atoms with Crippen molar-refractivity contribution in [1.82, 2.24) is 4.98 Å². The molecule has 106 valence electrons. The molecule has 2 heterocycles. The van der Waals surface area contributed by atoms with Gasteiger partial charge in [-0.25, -0.2) is 4.98 Å². The molecule has 2 rings (SSSR count). The number of pyridine rings is 1. The van der Waals surface area contributed by atoms with E-state index < -0.39 is 0 Å². The molecule has 1 aromatic rings. The molecule has 0 spiro atoms. The minimum atomic E-state index is -0.307. The number of aliphatic hydroxyl groups excluding tert-OH is 1. The average Bonchev–Trinajstić information content (AvgIpc) is 2.36. The molecule has 0 aliphatic carbocycles. The highest BCUT2D eigenvalue weighted by Gasteiger charge is 2.34. The smallest absolute Gasteiger partial charge is 0.133 e. The van der Waals surface area contributed by atoms with E-state index in [1.807, 2.05) is 32.9 Å². The zero-order valence-corrected chi connectivity index (χ0v) is 11.8. The number of ether oxygens (including phenoxy) is 1. The van der Waals surface area contributed by atoms with Crippen LogP contribution in [0.4, 0.5) is 5.82 Å². The zero-order valence-electron chi connectivity index (χ0n) is 11.8. The third-order valence-corrected chi connectivity index (χ3v) is 3.29. The molecular weight excluding hydrogens is 242 g/mol. The average molecular weight is 265 g/mol. The summed E-state index contributed by atoms with van der Waals surface area (Å²) in [6.45, 7) is 7.39. The van der Waals surface area contributed by atoms with Crippen LogP contribution in [0.3, 0.4) is 0 Å². The summed E-state index contributed by atoms with van der Waals surface area (Å²) >= 11 is 0. The number of nitrogens with two attached hydrogens (primary N) is 1. The van der Waals surface area contributed by atoms with Crippen LogP contribution in [0, 0.1) is 0 Å². The number of aliphatic hydroxyl groups is 1. The first-order valence-corrected chi connectivity index (χ1v) is 6.67. The fraction of sp³-hybridized carbons (Fsp3) is 0.643. The maximum absolute atomic E-state index is 9.37. The van der Waals surface area contributed by atoms with Gasteiger partial charge in [0.1, 0.15) is 5.82 Å². The SMILES string of the molecule is CC(N)c1cccnc1N1CC(CO)OC(C)(C)C1. The topological polar surface area (TPSA) is 71.6 Å². The molecule has 19 heavy (non-hydrogen) atoms. The predicted octanol–water partition coefficient (Wildman–Crippen LogP) is 1.08. The number of aromatic nitrogens is 1. The minimum Gasteiger partial charge on any atom is -0.394 e. The lowest BCUT2D eigenvalue weighted by Crippen LogP contribution is -2.54. The van der Waals surface area contributed by atoms with Crippen molar-refractivity contribution in [2.24, 2.45) is 5.73 Å². The molecule has 0 amide bonds. The number of hydrogen-bond donors (Lipinski definition) is 2. The van der Waals surface area contributed by atoms with Gasteiger partial charge in [-0.3, -0.25) is 0 Å². The molecule has 5 heteroatoms. The van der Waals surface area contributed by atoms with E-state index in [4.69, 9.17) is 10.5 Å². The monoisotopic (exact) mass is 265 g/mol. The molecule has 0 bridgehead atoms. The van der Waals surface area contributed by atoms with E-state index in [2.05, 4.69) is 9.88 Å². The molecule has 0 radical (unpaired) electrons. The molecule has 2 atom stereocenters. The maximum atomic E-state index is 9.37. The van der Waals surface area contributed by atoms with Crippen LogP contribution in [0.5, 0.6) is 0 Å². The van der Waals surface area contributed by atoms with Gasteiger partial charge in [-0.2, -0.15) is 0 Å². The summed E-state index contributed by atoms with van der Waals surface area (Å²) in [6.07, 6.45) is 1.59. The van der Waals surface area contributed by atoms with Gasteiger partial charge in [-0.15, -0.1) is 0 Å². The van der Waals surface area contributed by atoms with Crippen molar-refractivity contribution in [2.75, 3.05) is 24.6 Å². The second-order valence-electron chi connectivity index (χ2n) is 5.77. The van der Waals surface area contributed by atoms with Gasteiger partial charge >= 0.3 is 0 Å². The molecule has 5 nitrogen and oxygen atoms in total. The first-order valence-electron chi connectivity index (χ1n) is 6.67. The molecule has 2 unspecified atom stereocenters. The van der Waals surface area contributed by atoms with E-state index in [1.54, 1.807) is 6.20 Å². The minimum absolute atomic E-state index is 0.0142. The van der Waals surface area contributed by atoms with Gasteiger partial charge in [0.05, 0.1) is 18.3 Å². The van der Waals surface area contributed by atoms with Crippen LogP contribution in [0.1, 0.15) is 32.4 Å². The van der Waals surface area contributed by atoms with Gasteiger partial charge in [0.2, 0.25) is 0 Å². The fourth-order valence-electron chi connectivity index (χ4n) is 2.58. The van der Waals surface area contributed by atoms with Crippen molar-refractivity contribution in [2.45, 2.75) is 38.5 Å². The Labute approximate surface area is 114 Å². The van der Waals surface area contributed by atoms with Crippen LogP contribution in [0.2, 0.25) is 0 Å². The Morgan fingerprint density at radius 3 is 3.00 bits per heavy atom. The number of hydrogen-bond acceptors (Lipinski definition) is 5. The van der Waals surface area contributed by atoms with Crippen molar-refractivity contribution in [3.8, 4) is 0 Å². The van der Waals surface area contributed by atoms with E-state index in [9.17, 15) is 5.11 Å². The summed E-state index contributed by atoms with van der Waals surface area (Å²) in [6, 6.07) is 3.84. The van der Waals surface area contributed by atoms with Crippen molar-refractivity contribution < 1.29 is 9.84 Å². The second kappa shape index (κ2) is 5.45. The van der Waals surface area contributed by atoms with Crippen LogP contribution in [-0.2, 0) is 4.74 Å². The highest BCUT2D eigenvalue weighted by Crippen LogP contribution is 2.28. The van der Waals surface area contributed by atoms with Crippen LogP contribution < -0.4 is 10.6 Å². The molecule has 1 aliphatic heterocycles. The molecular formula is C14H23N3O2. The Kier molecular flexibility index (Phi) is 4.08. The lowest BCUT2D eigenvalue weighted by atomic mass is 10.0. The lowest BCUT2D eigenvalue weighted by molar-refractivity contribution is -0.101. The Hall–Kier alpha value is -1.17. The van der Waals surface area contributed by atoms with Gasteiger partial charge in [-0.1, -0.05) is 6.07 Å². The Morgan fingerprint density at radius 1 is 1.63 bits per heavy atom. The van der Waals surface area contributed by atoms with Crippen LogP contribution in [-0.4, -0.2) is 41.5 Å². The van der Waals surface area contributed by atoms with Gasteiger partial charge in [0, 0.05) is 30.9 Å². The number of rotatable bonds is 3. The first kappa shape index (κ1) is 14.2. The Morgan fingerprint density at radius 2 is 2.37 bits per heavy atom. The molecule has 1 saturated heterocycles. The maximum Gasteiger partial charge on any atom is 0.133 e. The molecule has 1 fully saturated rings. The lowest BCUT2D eigenvalue weighted by Gasteiger charge is -2.43. The summed E-state index contributed by atoms with van der Waals surface area (Å²) in [4.78, 5) is 6.62. The van der Waals surface area contributed by atoms with E-state index in [0.29, 0.717) is 6.54 Å². The van der Waals surface area contributed by atoms with E-state index in [1.165, 1.54) is 0 Å². The summed E-state index contributed by atoms with van der Waals surface area (Å²) < 4.78 is 5.82. The van der Waals surface area contributed by atoms with Gasteiger partial charge in [0.15, 0.2) is 0 Å². The van der Waals surface area contributed by atoms with E-state index >= 15 is 0 Å². The third kappa shape index (κ3) is 3.23. The van der Waals surface area contributed by atoms with Crippen molar-refractivity contribution in [3.05, 3.63) is 23.9 Å². The molecule has 1 aliphatic rings. The fourth-order valence-corrected chi connectivity index (χ4v) is 2.58. The summed E-state index contributed by atoms with van der Waals surface area (Å²) in [5, 5.41) is 9.37. The van der Waals surface area contributed by atoms with Crippen LogP contribution in [0.15, 0.2) is 18.3 Å². The van der Waals surface area contributed by atoms with E-state index in [0.717, 1.165) is 17.9 Å². The van der Waals surface area contributed by atoms with Crippen molar-refractivity contribution >= 4 is 5.82 Å². The molecule has 0 aromatic carbocycles. The van der Waals surface area contributed by atoms with Crippen molar-refractivity contribution in [1.29, 1.82) is 0 Å². The normalized spacial score (nSPS) is 24.3.